The van der Waals surface area contributed by atoms with Gasteiger partial charge in [0, 0.05) is 24.4 Å². The van der Waals surface area contributed by atoms with Gasteiger partial charge in [0.15, 0.2) is 34.7 Å². The predicted molar refractivity (Wildman–Crippen MR) is 148 cm³/mol. The molecular formula is C31H35N3O7. The van der Waals surface area contributed by atoms with Gasteiger partial charge < -0.3 is 20.8 Å². The number of carbonyl (C=O) groups is 5. The first kappa shape index (κ1) is 27.7. The van der Waals surface area contributed by atoms with E-state index in [0.717, 1.165) is 23.4 Å². The fourth-order valence-corrected chi connectivity index (χ4v) is 7.64. The summed E-state index contributed by atoms with van der Waals surface area (Å²) in [5.41, 5.74) is 4.24. The monoisotopic (exact) mass is 561 g/mol. The van der Waals surface area contributed by atoms with Crippen LogP contribution < -0.4 is 5.73 Å². The number of hydrogen-bond acceptors (Lipinski definition) is 9. The van der Waals surface area contributed by atoms with E-state index in [-0.39, 0.29) is 24.2 Å². The maximum atomic E-state index is 14.0. The summed E-state index contributed by atoms with van der Waals surface area (Å²) < 4.78 is 0. The molecule has 10 heteroatoms. The van der Waals surface area contributed by atoms with Gasteiger partial charge in [-0.15, -0.1) is 0 Å². The fourth-order valence-electron chi connectivity index (χ4n) is 7.64. The topological polar surface area (TPSA) is 158 Å². The number of phenolic OH excluding ortho intramolecular Hbond substituents is 1. The number of nitrogens with zero attached hydrogens (tertiary/aromatic N) is 2. The Balaban J connectivity index is 1.40. The molecule has 2 aromatic rings. The van der Waals surface area contributed by atoms with Crippen LogP contribution in [0.5, 0.6) is 5.75 Å². The summed E-state index contributed by atoms with van der Waals surface area (Å²) in [6, 6.07) is 6.52. The summed E-state index contributed by atoms with van der Waals surface area (Å²) in [6.07, 6.45) is 2.78. The first-order valence-electron chi connectivity index (χ1n) is 14.1. The number of ketones is 4. The maximum Gasteiger partial charge on any atom is 0.235 e. The van der Waals surface area contributed by atoms with Crippen LogP contribution >= 0.6 is 0 Å². The van der Waals surface area contributed by atoms with Crippen molar-refractivity contribution >= 4 is 39.8 Å². The van der Waals surface area contributed by atoms with E-state index in [1.807, 2.05) is 24.3 Å². The van der Waals surface area contributed by atoms with Crippen LogP contribution in [0.4, 0.5) is 0 Å². The molecule has 3 fully saturated rings. The van der Waals surface area contributed by atoms with Gasteiger partial charge in [0.25, 0.3) is 0 Å². The predicted octanol–water partition coefficient (Wildman–Crippen LogP) is 0.862. The van der Waals surface area contributed by atoms with Gasteiger partial charge in [0.1, 0.15) is 5.75 Å². The van der Waals surface area contributed by atoms with Crippen molar-refractivity contribution in [3.8, 4) is 5.75 Å². The highest BCUT2D eigenvalue weighted by Crippen LogP contribution is 2.51. The minimum Gasteiger partial charge on any atom is -0.507 e. The van der Waals surface area contributed by atoms with Crippen LogP contribution in [0.3, 0.4) is 0 Å². The van der Waals surface area contributed by atoms with Gasteiger partial charge in [-0.05, 0) is 81.2 Å². The van der Waals surface area contributed by atoms with Crippen LogP contribution in [0, 0.1) is 29.6 Å². The van der Waals surface area contributed by atoms with E-state index in [1.165, 1.54) is 17.7 Å². The molecular weight excluding hydrogens is 526 g/mol. The number of likely N-dealkylation sites (N-methyl/N-ethyl adjacent to an activating group) is 1. The number of amides is 1. The molecule has 4 aliphatic rings. The van der Waals surface area contributed by atoms with Crippen molar-refractivity contribution in [2.45, 2.75) is 43.9 Å². The third kappa shape index (κ3) is 4.14. The van der Waals surface area contributed by atoms with E-state index in [0.29, 0.717) is 17.5 Å². The molecule has 0 bridgehead atoms. The summed E-state index contributed by atoms with van der Waals surface area (Å²) in [6.45, 7) is 1.68. The third-order valence-electron chi connectivity index (χ3n) is 9.65. The summed E-state index contributed by atoms with van der Waals surface area (Å²) >= 11 is 0. The molecule has 0 aromatic heterocycles. The van der Waals surface area contributed by atoms with E-state index in [2.05, 4.69) is 11.9 Å². The van der Waals surface area contributed by atoms with Crippen LogP contribution in [0.1, 0.15) is 40.7 Å². The molecule has 216 valence electrons. The summed E-state index contributed by atoms with van der Waals surface area (Å²) in [7, 11) is 5.18. The number of nitrogens with two attached hydrogens (primary N) is 1. The normalized spacial score (nSPS) is 31.4. The van der Waals surface area contributed by atoms with Crippen LogP contribution in [0.15, 0.2) is 24.3 Å². The average Bonchev–Trinajstić information content (AvgIpc) is 3.70. The molecule has 0 saturated heterocycles. The lowest BCUT2D eigenvalue weighted by Gasteiger charge is -2.52. The van der Waals surface area contributed by atoms with Crippen molar-refractivity contribution in [1.29, 1.82) is 0 Å². The third-order valence-corrected chi connectivity index (χ3v) is 9.65. The molecule has 41 heavy (non-hydrogen) atoms. The van der Waals surface area contributed by atoms with Gasteiger partial charge >= 0.3 is 0 Å². The SMILES string of the molecule is CN(Cc1ccc2cc3c(c(O)c2c1)C(=O)C1C(=O)[C@]2(O)C(=O)C(C(N)=O)C(=O)[C@@H](N(C)C)[C@@H]2C[C@@H]1C3)CC1CC1. The number of carbonyl (C=O) groups excluding carboxylic acids is 5. The van der Waals surface area contributed by atoms with Gasteiger partial charge in [-0.2, -0.15) is 0 Å². The largest absolute Gasteiger partial charge is 0.507 e. The first-order valence-corrected chi connectivity index (χ1v) is 14.1. The van der Waals surface area contributed by atoms with Crippen LogP contribution in [-0.4, -0.2) is 88.4 Å². The zero-order valence-corrected chi connectivity index (χ0v) is 23.4. The van der Waals surface area contributed by atoms with E-state index in [9.17, 15) is 34.2 Å². The smallest absolute Gasteiger partial charge is 0.235 e. The van der Waals surface area contributed by atoms with E-state index in [1.54, 1.807) is 14.1 Å². The Morgan fingerprint density at radius 1 is 1.07 bits per heavy atom. The van der Waals surface area contributed by atoms with Gasteiger partial charge in [0.2, 0.25) is 5.91 Å². The second kappa shape index (κ2) is 9.54. The maximum absolute atomic E-state index is 14.0. The Hall–Kier alpha value is -3.47. The van der Waals surface area contributed by atoms with Crippen LogP contribution in [0.2, 0.25) is 0 Å². The number of aromatic hydroxyl groups is 1. The molecule has 4 aliphatic carbocycles. The second-order valence-corrected chi connectivity index (χ2v) is 12.7. The molecule has 3 saturated carbocycles. The van der Waals surface area contributed by atoms with Gasteiger partial charge in [-0.25, -0.2) is 0 Å². The Bertz CT molecular complexity index is 1530. The van der Waals surface area contributed by atoms with Crippen molar-refractivity contribution in [2.75, 3.05) is 27.7 Å². The molecule has 2 aromatic carbocycles. The molecule has 2 unspecified atom stereocenters. The lowest BCUT2D eigenvalue weighted by molar-refractivity contribution is -0.181. The Kier molecular flexibility index (Phi) is 6.44. The van der Waals surface area contributed by atoms with Gasteiger partial charge in [-0.1, -0.05) is 18.2 Å². The highest BCUT2D eigenvalue weighted by molar-refractivity contribution is 6.32. The molecule has 6 rings (SSSR count). The number of fused-ring (bicyclic) bond motifs is 4. The molecule has 0 spiro atoms. The van der Waals surface area contributed by atoms with E-state index >= 15 is 0 Å². The lowest BCUT2D eigenvalue weighted by atomic mass is 9.52. The minimum absolute atomic E-state index is 0.0209. The zero-order chi connectivity index (χ0) is 29.5. The Labute approximate surface area is 237 Å². The van der Waals surface area contributed by atoms with Gasteiger partial charge in [0.05, 0.1) is 17.5 Å². The summed E-state index contributed by atoms with van der Waals surface area (Å²) in [5, 5.41) is 24.4. The highest BCUT2D eigenvalue weighted by Gasteiger charge is 2.69. The average molecular weight is 562 g/mol. The molecule has 6 atom stereocenters. The van der Waals surface area contributed by atoms with Gasteiger partial charge in [-0.3, -0.25) is 28.9 Å². The standard InChI is InChI=1S/C31H35N3O7/c1-33(2)24-20-11-18-10-17-9-16-7-6-15(13-34(3)12-14-4-5-14)8-19(16)25(35)21(17)26(36)22(18)28(38)31(20,41)29(39)23(27(24)37)30(32)40/h6-9,14,18,20,22-24,35,41H,4-5,10-13H2,1-3H3,(H2,32,40)/t18-,20-,22?,23?,24-,31-/m0/s1. The van der Waals surface area contributed by atoms with Crippen molar-refractivity contribution in [3.63, 3.8) is 0 Å². The molecule has 4 N–H and O–H groups in total. The van der Waals surface area contributed by atoms with Crippen molar-refractivity contribution in [2.24, 2.45) is 35.3 Å². The van der Waals surface area contributed by atoms with Crippen molar-refractivity contribution in [3.05, 3.63) is 41.0 Å². The van der Waals surface area contributed by atoms with Crippen molar-refractivity contribution in [1.82, 2.24) is 9.80 Å². The first-order chi connectivity index (χ1) is 19.3. The molecule has 10 nitrogen and oxygen atoms in total. The fraction of sp³-hybridized carbons (Fsp3) is 0.516. The van der Waals surface area contributed by atoms with Crippen molar-refractivity contribution < 1.29 is 34.2 Å². The molecule has 0 aliphatic heterocycles. The summed E-state index contributed by atoms with van der Waals surface area (Å²) in [4.78, 5) is 70.4. The van der Waals surface area contributed by atoms with Crippen LogP contribution in [0.25, 0.3) is 10.8 Å². The van der Waals surface area contributed by atoms with Crippen LogP contribution in [-0.2, 0) is 32.1 Å². The van der Waals surface area contributed by atoms with E-state index < -0.39 is 64.4 Å². The number of rotatable bonds is 6. The second-order valence-electron chi connectivity index (χ2n) is 12.7. The minimum atomic E-state index is -2.72. The number of benzene rings is 2. The Morgan fingerprint density at radius 2 is 1.78 bits per heavy atom. The lowest BCUT2D eigenvalue weighted by Crippen LogP contribution is -2.74. The molecule has 1 amide bonds. The summed E-state index contributed by atoms with van der Waals surface area (Å²) in [5.74, 6) is -9.54. The zero-order valence-electron chi connectivity index (χ0n) is 23.4. The Morgan fingerprint density at radius 3 is 2.41 bits per heavy atom. The van der Waals surface area contributed by atoms with E-state index in [4.69, 9.17) is 5.73 Å². The number of aliphatic hydroxyl groups is 1. The highest BCUT2D eigenvalue weighted by atomic mass is 16.3. The molecule has 0 heterocycles. The number of primary amides is 1. The number of Topliss-reactive ketones (excluding diaryl/α,β-unsaturated/α-hetero) is 4. The molecule has 0 radical (unpaired) electrons. The number of phenols is 1. The number of hydrogen-bond donors (Lipinski definition) is 3. The quantitative estimate of drug-likeness (QED) is 0.435.